The molecule has 0 unspecified atom stereocenters. The quantitative estimate of drug-likeness (QED) is 0.830. The normalized spacial score (nSPS) is 15.1. The number of nitrogens with one attached hydrogen (secondary N) is 1. The largest absolute Gasteiger partial charge is 0.497 e. The molecule has 2 aromatic rings. The lowest BCUT2D eigenvalue weighted by molar-refractivity contribution is -0.130. The van der Waals surface area contributed by atoms with E-state index in [9.17, 15) is 9.59 Å². The summed E-state index contributed by atoms with van der Waals surface area (Å²) in [5.74, 6) is 1.23. The molecule has 7 nitrogen and oxygen atoms in total. The van der Waals surface area contributed by atoms with Crippen molar-refractivity contribution >= 4 is 11.8 Å². The molecule has 0 spiro atoms. The summed E-state index contributed by atoms with van der Waals surface area (Å²) in [6.07, 6.45) is 1.18. The van der Waals surface area contributed by atoms with E-state index in [1.54, 1.807) is 12.0 Å². The van der Waals surface area contributed by atoms with Gasteiger partial charge in [0, 0.05) is 38.3 Å². The minimum atomic E-state index is -0.120. The molecule has 0 atom stereocenters. The Morgan fingerprint density at radius 1 is 1.21 bits per heavy atom. The number of ether oxygens (including phenoxy) is 1. The van der Waals surface area contributed by atoms with E-state index in [0.717, 1.165) is 23.4 Å². The number of H-pyrrole nitrogens is 1. The van der Waals surface area contributed by atoms with Crippen molar-refractivity contribution in [3.63, 3.8) is 0 Å². The lowest BCUT2D eigenvalue weighted by atomic mass is 10.1. The second-order valence-electron chi connectivity index (χ2n) is 7.58. The molecule has 1 aromatic carbocycles. The Kier molecular flexibility index (Phi) is 6.34. The fraction of sp³-hybridized carbons (Fsp3) is 0.476. The predicted molar refractivity (Wildman–Crippen MR) is 106 cm³/mol. The van der Waals surface area contributed by atoms with Gasteiger partial charge in [0.25, 0.3) is 5.91 Å². The SMILES string of the molecule is COc1ccc(CN2CCN(C(=O)c3cc(CC(C)C)[nH]n3)CCC2=O)cc1. The number of carbonyl (C=O) groups excluding carboxylic acids is 2. The molecule has 1 N–H and O–H groups in total. The van der Waals surface area contributed by atoms with E-state index in [1.807, 2.05) is 35.2 Å². The maximum atomic E-state index is 12.8. The van der Waals surface area contributed by atoms with Crippen LogP contribution in [0, 0.1) is 5.92 Å². The van der Waals surface area contributed by atoms with E-state index in [4.69, 9.17) is 4.74 Å². The third-order valence-electron chi connectivity index (χ3n) is 4.89. The molecule has 1 aromatic heterocycles. The second-order valence-corrected chi connectivity index (χ2v) is 7.58. The van der Waals surface area contributed by atoms with E-state index in [2.05, 4.69) is 24.0 Å². The van der Waals surface area contributed by atoms with Gasteiger partial charge in [-0.2, -0.15) is 5.10 Å². The van der Waals surface area contributed by atoms with E-state index < -0.39 is 0 Å². The summed E-state index contributed by atoms with van der Waals surface area (Å²) >= 11 is 0. The first-order chi connectivity index (χ1) is 13.5. The Balaban J connectivity index is 1.61. The minimum Gasteiger partial charge on any atom is -0.497 e. The molecule has 0 radical (unpaired) electrons. The highest BCUT2D eigenvalue weighted by molar-refractivity contribution is 5.93. The van der Waals surface area contributed by atoms with Gasteiger partial charge in [0.2, 0.25) is 5.91 Å². The van der Waals surface area contributed by atoms with Crippen molar-refractivity contribution in [1.29, 1.82) is 0 Å². The summed E-state index contributed by atoms with van der Waals surface area (Å²) in [6.45, 7) is 6.22. The summed E-state index contributed by atoms with van der Waals surface area (Å²) in [5.41, 5.74) is 2.43. The summed E-state index contributed by atoms with van der Waals surface area (Å²) in [4.78, 5) is 28.8. The predicted octanol–water partition coefficient (Wildman–Crippen LogP) is 2.49. The topological polar surface area (TPSA) is 78.5 Å². The Morgan fingerprint density at radius 3 is 2.64 bits per heavy atom. The molecule has 1 aliphatic heterocycles. The van der Waals surface area contributed by atoms with Gasteiger partial charge in [-0.05, 0) is 36.1 Å². The molecular formula is C21H28N4O3. The molecule has 1 saturated heterocycles. The van der Waals surface area contributed by atoms with E-state index in [-0.39, 0.29) is 11.8 Å². The summed E-state index contributed by atoms with van der Waals surface area (Å²) in [7, 11) is 1.63. The van der Waals surface area contributed by atoms with Gasteiger partial charge in [-0.1, -0.05) is 26.0 Å². The number of methoxy groups -OCH3 is 1. The van der Waals surface area contributed by atoms with Crippen molar-refractivity contribution in [2.45, 2.75) is 33.2 Å². The van der Waals surface area contributed by atoms with Gasteiger partial charge in [0.15, 0.2) is 0 Å². The lowest BCUT2D eigenvalue weighted by Crippen LogP contribution is -2.35. The standard InChI is InChI=1S/C21H28N4O3/c1-15(2)12-17-13-19(23-22-17)21(27)24-9-8-20(26)25(11-10-24)14-16-4-6-18(28-3)7-5-16/h4-7,13,15H,8-12,14H2,1-3H3,(H,22,23). The van der Waals surface area contributed by atoms with Crippen LogP contribution in [0.2, 0.25) is 0 Å². The summed E-state index contributed by atoms with van der Waals surface area (Å²) in [6, 6.07) is 9.52. The molecule has 0 bridgehead atoms. The monoisotopic (exact) mass is 384 g/mol. The van der Waals surface area contributed by atoms with Crippen LogP contribution in [0.5, 0.6) is 5.75 Å². The fourth-order valence-corrected chi connectivity index (χ4v) is 3.37. The molecule has 1 aliphatic rings. The molecular weight excluding hydrogens is 356 g/mol. The summed E-state index contributed by atoms with van der Waals surface area (Å²) in [5, 5.41) is 7.12. The molecule has 2 heterocycles. The van der Waals surface area contributed by atoms with Crippen LogP contribution in [0.1, 0.15) is 42.0 Å². The van der Waals surface area contributed by atoms with Gasteiger partial charge in [0.05, 0.1) is 7.11 Å². The Hall–Kier alpha value is -2.83. The van der Waals surface area contributed by atoms with Crippen molar-refractivity contribution in [3.05, 3.63) is 47.3 Å². The number of benzene rings is 1. The summed E-state index contributed by atoms with van der Waals surface area (Å²) < 4.78 is 5.17. The number of nitrogens with zero attached hydrogens (tertiary/aromatic N) is 3. The van der Waals surface area contributed by atoms with Crippen molar-refractivity contribution < 1.29 is 14.3 Å². The van der Waals surface area contributed by atoms with Gasteiger partial charge in [-0.15, -0.1) is 0 Å². The average Bonchev–Trinajstić information content (AvgIpc) is 3.06. The molecule has 3 rings (SSSR count). The minimum absolute atomic E-state index is 0.0636. The van der Waals surface area contributed by atoms with Crippen LogP contribution in [0.4, 0.5) is 0 Å². The Bertz CT molecular complexity index is 813. The van der Waals surface area contributed by atoms with Crippen LogP contribution < -0.4 is 4.74 Å². The van der Waals surface area contributed by atoms with Gasteiger partial charge in [-0.25, -0.2) is 0 Å². The molecule has 1 fully saturated rings. The maximum absolute atomic E-state index is 12.8. The second kappa shape index (κ2) is 8.91. The van der Waals surface area contributed by atoms with Crippen molar-refractivity contribution in [1.82, 2.24) is 20.0 Å². The highest BCUT2D eigenvalue weighted by Crippen LogP contribution is 2.16. The van der Waals surface area contributed by atoms with E-state index in [0.29, 0.717) is 44.2 Å². The van der Waals surface area contributed by atoms with Crippen LogP contribution in [0.3, 0.4) is 0 Å². The van der Waals surface area contributed by atoms with Crippen LogP contribution in [0.15, 0.2) is 30.3 Å². The molecule has 7 heteroatoms. The van der Waals surface area contributed by atoms with Gasteiger partial charge >= 0.3 is 0 Å². The molecule has 28 heavy (non-hydrogen) atoms. The van der Waals surface area contributed by atoms with Crippen molar-refractivity contribution in [2.75, 3.05) is 26.7 Å². The molecule has 150 valence electrons. The zero-order valence-electron chi connectivity index (χ0n) is 16.8. The molecule has 0 saturated carbocycles. The van der Waals surface area contributed by atoms with Gasteiger partial charge < -0.3 is 14.5 Å². The smallest absolute Gasteiger partial charge is 0.274 e. The van der Waals surface area contributed by atoms with Crippen LogP contribution >= 0.6 is 0 Å². The first-order valence-corrected chi connectivity index (χ1v) is 9.70. The first-order valence-electron chi connectivity index (χ1n) is 9.70. The third-order valence-corrected chi connectivity index (χ3v) is 4.89. The highest BCUT2D eigenvalue weighted by Gasteiger charge is 2.26. The lowest BCUT2D eigenvalue weighted by Gasteiger charge is -2.22. The number of rotatable bonds is 6. The number of hydrogen-bond acceptors (Lipinski definition) is 4. The van der Waals surface area contributed by atoms with Crippen LogP contribution in [-0.2, 0) is 17.8 Å². The first kappa shape index (κ1) is 19.9. The van der Waals surface area contributed by atoms with Gasteiger partial charge in [0.1, 0.15) is 11.4 Å². The zero-order valence-corrected chi connectivity index (χ0v) is 16.8. The van der Waals surface area contributed by atoms with Crippen LogP contribution in [-0.4, -0.2) is 58.6 Å². The van der Waals surface area contributed by atoms with E-state index >= 15 is 0 Å². The number of aromatic nitrogens is 2. The van der Waals surface area contributed by atoms with E-state index in [1.165, 1.54) is 0 Å². The average molecular weight is 384 g/mol. The number of amides is 2. The Morgan fingerprint density at radius 2 is 1.96 bits per heavy atom. The molecule has 2 amide bonds. The van der Waals surface area contributed by atoms with Crippen molar-refractivity contribution in [2.24, 2.45) is 5.92 Å². The number of aromatic amines is 1. The molecule has 0 aliphatic carbocycles. The maximum Gasteiger partial charge on any atom is 0.274 e. The van der Waals surface area contributed by atoms with Crippen LogP contribution in [0.25, 0.3) is 0 Å². The Labute approximate surface area is 165 Å². The zero-order chi connectivity index (χ0) is 20.1. The van der Waals surface area contributed by atoms with Crippen molar-refractivity contribution in [3.8, 4) is 5.75 Å². The number of carbonyl (C=O) groups is 2. The van der Waals surface area contributed by atoms with Gasteiger partial charge in [-0.3, -0.25) is 14.7 Å². The number of hydrogen-bond donors (Lipinski definition) is 1. The third kappa shape index (κ3) is 4.91. The highest BCUT2D eigenvalue weighted by atomic mass is 16.5. The fourth-order valence-electron chi connectivity index (χ4n) is 3.37.